The van der Waals surface area contributed by atoms with E-state index in [1.165, 1.54) is 6.42 Å². The Balaban J connectivity index is 2.16. The van der Waals surface area contributed by atoms with Crippen molar-refractivity contribution in [2.45, 2.75) is 31.7 Å². The Morgan fingerprint density at radius 2 is 1.95 bits per heavy atom. The van der Waals surface area contributed by atoms with Crippen molar-refractivity contribution in [1.29, 1.82) is 0 Å². The van der Waals surface area contributed by atoms with Gasteiger partial charge in [0, 0.05) is 6.42 Å². The van der Waals surface area contributed by atoms with E-state index in [0.29, 0.717) is 16.5 Å². The smallest absolute Gasteiger partial charge is 0.321 e. The van der Waals surface area contributed by atoms with E-state index in [1.54, 1.807) is 12.1 Å². The number of benzene rings is 1. The molecule has 0 spiro atoms. The van der Waals surface area contributed by atoms with Crippen molar-refractivity contribution < 1.29 is 9.90 Å². The molecule has 0 bridgehead atoms. The van der Waals surface area contributed by atoms with Gasteiger partial charge in [-0.2, -0.15) is 0 Å². The van der Waals surface area contributed by atoms with Crippen LogP contribution in [-0.4, -0.2) is 35.1 Å². The third-order valence-corrected chi connectivity index (χ3v) is 4.42. The van der Waals surface area contributed by atoms with Gasteiger partial charge in [0.05, 0.1) is 10.0 Å². The number of rotatable bonds is 4. The summed E-state index contributed by atoms with van der Waals surface area (Å²) in [6, 6.07) is 4.84. The van der Waals surface area contributed by atoms with Crippen LogP contribution < -0.4 is 0 Å². The summed E-state index contributed by atoms with van der Waals surface area (Å²) in [6.07, 6.45) is 3.70. The van der Waals surface area contributed by atoms with Crippen LogP contribution in [0.3, 0.4) is 0 Å². The molecule has 0 aromatic heterocycles. The Labute approximate surface area is 123 Å². The third kappa shape index (κ3) is 3.62. The van der Waals surface area contributed by atoms with Crippen LogP contribution in [0.4, 0.5) is 0 Å². The van der Waals surface area contributed by atoms with Crippen LogP contribution >= 0.6 is 23.2 Å². The molecule has 1 aromatic carbocycles. The number of aliphatic carboxylic acids is 1. The van der Waals surface area contributed by atoms with Crippen molar-refractivity contribution in [3.8, 4) is 0 Å². The number of likely N-dealkylation sites (tertiary alicyclic amines) is 1. The maximum atomic E-state index is 11.5. The summed E-state index contributed by atoms with van der Waals surface area (Å²) in [6.45, 7) is 1.68. The second-order valence-corrected chi connectivity index (χ2v) is 5.65. The first-order valence-electron chi connectivity index (χ1n) is 6.49. The topological polar surface area (TPSA) is 40.5 Å². The van der Waals surface area contributed by atoms with Gasteiger partial charge in [-0.05, 0) is 37.6 Å². The highest BCUT2D eigenvalue weighted by Crippen LogP contribution is 2.27. The summed E-state index contributed by atoms with van der Waals surface area (Å²) in [7, 11) is 0. The van der Waals surface area contributed by atoms with Crippen LogP contribution in [0.1, 0.15) is 24.8 Å². The van der Waals surface area contributed by atoms with Gasteiger partial charge in [0.1, 0.15) is 6.04 Å². The fourth-order valence-corrected chi connectivity index (χ4v) is 2.91. The summed E-state index contributed by atoms with van der Waals surface area (Å²) in [5, 5.41) is 10.4. The third-order valence-electron chi connectivity index (χ3n) is 3.56. The first-order valence-corrected chi connectivity index (χ1v) is 7.25. The largest absolute Gasteiger partial charge is 0.480 e. The zero-order chi connectivity index (χ0) is 13.8. The first-order chi connectivity index (χ1) is 9.09. The molecule has 1 heterocycles. The molecule has 3 nitrogen and oxygen atoms in total. The number of nitrogens with zero attached hydrogens (tertiary/aromatic N) is 1. The molecule has 0 radical (unpaired) electrons. The number of hydrogen-bond donors (Lipinski definition) is 1. The molecule has 104 valence electrons. The van der Waals surface area contributed by atoms with Crippen LogP contribution in [-0.2, 0) is 11.2 Å². The molecule has 0 aliphatic carbocycles. The normalized spacial score (nSPS) is 18.2. The Morgan fingerprint density at radius 3 is 2.58 bits per heavy atom. The van der Waals surface area contributed by atoms with E-state index in [0.717, 1.165) is 31.5 Å². The summed E-state index contributed by atoms with van der Waals surface area (Å²) in [5.74, 6) is -0.794. The minimum atomic E-state index is -0.794. The molecule has 0 saturated carbocycles. The number of hydrogen-bond acceptors (Lipinski definition) is 2. The van der Waals surface area contributed by atoms with Crippen molar-refractivity contribution >= 4 is 29.2 Å². The highest BCUT2D eigenvalue weighted by molar-refractivity contribution is 6.42. The lowest BCUT2D eigenvalue weighted by Gasteiger charge is -2.32. The fraction of sp³-hybridized carbons (Fsp3) is 0.500. The van der Waals surface area contributed by atoms with Gasteiger partial charge in [-0.25, -0.2) is 0 Å². The lowest BCUT2D eigenvalue weighted by molar-refractivity contribution is -0.143. The summed E-state index contributed by atoms with van der Waals surface area (Å²) < 4.78 is 0. The Bertz CT molecular complexity index is 459. The Hall–Kier alpha value is -0.770. The standard InChI is InChI=1S/C14H17Cl2NO2/c15-11-6-4-5-10(13(11)16)9-12(14(18)19)17-7-2-1-3-8-17/h4-6,12H,1-3,7-9H2,(H,18,19). The number of carboxylic acids is 1. The molecule has 5 heteroatoms. The first kappa shape index (κ1) is 14.6. The van der Waals surface area contributed by atoms with E-state index in [9.17, 15) is 9.90 Å². The quantitative estimate of drug-likeness (QED) is 0.925. The van der Waals surface area contributed by atoms with Gasteiger partial charge in [0.15, 0.2) is 0 Å². The van der Waals surface area contributed by atoms with Gasteiger partial charge in [-0.3, -0.25) is 9.69 Å². The molecule has 1 saturated heterocycles. The average Bonchev–Trinajstić information content (AvgIpc) is 2.41. The molecule has 1 aliphatic rings. The zero-order valence-electron chi connectivity index (χ0n) is 10.6. The minimum Gasteiger partial charge on any atom is -0.480 e. The van der Waals surface area contributed by atoms with E-state index in [1.807, 2.05) is 11.0 Å². The number of carbonyl (C=O) groups is 1. The van der Waals surface area contributed by atoms with Crippen LogP contribution in [0, 0.1) is 0 Å². The lowest BCUT2D eigenvalue weighted by atomic mass is 10.0. The monoisotopic (exact) mass is 301 g/mol. The van der Waals surface area contributed by atoms with Crippen molar-refractivity contribution in [3.05, 3.63) is 33.8 Å². The molecular weight excluding hydrogens is 285 g/mol. The van der Waals surface area contributed by atoms with Gasteiger partial charge in [0.25, 0.3) is 0 Å². The van der Waals surface area contributed by atoms with Crippen LogP contribution in [0.15, 0.2) is 18.2 Å². The van der Waals surface area contributed by atoms with E-state index >= 15 is 0 Å². The van der Waals surface area contributed by atoms with Crippen LogP contribution in [0.2, 0.25) is 10.0 Å². The number of carboxylic acid groups (broad SMARTS) is 1. The summed E-state index contributed by atoms with van der Waals surface area (Å²) in [5.41, 5.74) is 0.798. The van der Waals surface area contributed by atoms with Gasteiger partial charge in [0.2, 0.25) is 0 Å². The SMILES string of the molecule is O=C(O)C(Cc1cccc(Cl)c1Cl)N1CCCCC1. The predicted octanol–water partition coefficient (Wildman–Crippen LogP) is 3.48. The molecule has 1 N–H and O–H groups in total. The molecule has 1 aliphatic heterocycles. The predicted molar refractivity (Wildman–Crippen MR) is 77.0 cm³/mol. The molecule has 1 atom stereocenters. The molecule has 1 fully saturated rings. The molecule has 1 unspecified atom stereocenters. The Kier molecular flexibility index (Phi) is 5.08. The van der Waals surface area contributed by atoms with Crippen molar-refractivity contribution in [3.63, 3.8) is 0 Å². The zero-order valence-corrected chi connectivity index (χ0v) is 12.1. The maximum Gasteiger partial charge on any atom is 0.321 e. The molecule has 1 aromatic rings. The second kappa shape index (κ2) is 6.60. The van der Waals surface area contributed by atoms with E-state index in [-0.39, 0.29) is 0 Å². The Morgan fingerprint density at radius 1 is 1.26 bits per heavy atom. The van der Waals surface area contributed by atoms with Crippen molar-refractivity contribution in [2.24, 2.45) is 0 Å². The van der Waals surface area contributed by atoms with Crippen molar-refractivity contribution in [1.82, 2.24) is 4.90 Å². The van der Waals surface area contributed by atoms with Crippen molar-refractivity contribution in [2.75, 3.05) is 13.1 Å². The van der Waals surface area contributed by atoms with E-state index < -0.39 is 12.0 Å². The van der Waals surface area contributed by atoms with Gasteiger partial charge in [-0.1, -0.05) is 41.8 Å². The molecule has 2 rings (SSSR count). The molecule has 19 heavy (non-hydrogen) atoms. The maximum absolute atomic E-state index is 11.5. The second-order valence-electron chi connectivity index (χ2n) is 4.87. The van der Waals surface area contributed by atoms with E-state index in [4.69, 9.17) is 23.2 Å². The highest BCUT2D eigenvalue weighted by atomic mass is 35.5. The summed E-state index contributed by atoms with van der Waals surface area (Å²) >= 11 is 12.1. The van der Waals surface area contributed by atoms with E-state index in [2.05, 4.69) is 0 Å². The molecular formula is C14H17Cl2NO2. The lowest BCUT2D eigenvalue weighted by Crippen LogP contribution is -2.45. The van der Waals surface area contributed by atoms with Gasteiger partial charge in [-0.15, -0.1) is 0 Å². The van der Waals surface area contributed by atoms with Gasteiger partial charge >= 0.3 is 5.97 Å². The fourth-order valence-electron chi connectivity index (χ4n) is 2.52. The highest BCUT2D eigenvalue weighted by Gasteiger charge is 2.27. The van der Waals surface area contributed by atoms with Crippen LogP contribution in [0.25, 0.3) is 0 Å². The average molecular weight is 302 g/mol. The summed E-state index contributed by atoms with van der Waals surface area (Å²) in [4.78, 5) is 13.5. The number of piperidine rings is 1. The van der Waals surface area contributed by atoms with Gasteiger partial charge < -0.3 is 5.11 Å². The molecule has 0 amide bonds. The minimum absolute atomic E-state index is 0.398. The van der Waals surface area contributed by atoms with Crippen LogP contribution in [0.5, 0.6) is 0 Å². The number of halogens is 2.